The topological polar surface area (TPSA) is 57.7 Å². The third-order valence-corrected chi connectivity index (χ3v) is 3.47. The van der Waals surface area contributed by atoms with Gasteiger partial charge in [-0.1, -0.05) is 0 Å². The highest BCUT2D eigenvalue weighted by Gasteiger charge is 2.31. The van der Waals surface area contributed by atoms with Crippen LogP contribution in [0.3, 0.4) is 0 Å². The van der Waals surface area contributed by atoms with Crippen molar-refractivity contribution in [3.8, 4) is 5.75 Å². The SMILES string of the molecule is CC(C)NC(=O)CN1CCN(c2ccc(OC(F)(F)F)cn2)CC1. The number of hydrogen-bond acceptors (Lipinski definition) is 5. The zero-order chi connectivity index (χ0) is 17.7. The summed E-state index contributed by atoms with van der Waals surface area (Å²) in [6, 6.07) is 2.86. The molecule has 1 aromatic rings. The Hall–Kier alpha value is -2.03. The maximum absolute atomic E-state index is 12.1. The molecular formula is C15H21F3N4O2. The molecule has 1 fully saturated rings. The first-order valence-corrected chi connectivity index (χ1v) is 7.71. The molecule has 0 atom stereocenters. The number of ether oxygens (including phenoxy) is 1. The van der Waals surface area contributed by atoms with Gasteiger partial charge in [0, 0.05) is 32.2 Å². The van der Waals surface area contributed by atoms with Crippen molar-refractivity contribution in [3.05, 3.63) is 18.3 Å². The molecule has 1 saturated heterocycles. The predicted octanol–water partition coefficient (Wildman–Crippen LogP) is 1.63. The largest absolute Gasteiger partial charge is 0.573 e. The van der Waals surface area contributed by atoms with E-state index in [1.165, 1.54) is 12.1 Å². The van der Waals surface area contributed by atoms with E-state index in [2.05, 4.69) is 15.0 Å². The standard InChI is InChI=1S/C15H21F3N4O2/c1-11(2)20-14(23)10-21-5-7-22(8-6-21)13-4-3-12(9-19-13)24-15(16,17)18/h3-4,9,11H,5-8,10H2,1-2H3,(H,20,23). The van der Waals surface area contributed by atoms with Crippen molar-refractivity contribution in [3.63, 3.8) is 0 Å². The van der Waals surface area contributed by atoms with Crippen molar-refractivity contribution in [1.82, 2.24) is 15.2 Å². The molecule has 9 heteroatoms. The van der Waals surface area contributed by atoms with Crippen LogP contribution in [-0.2, 0) is 4.79 Å². The van der Waals surface area contributed by atoms with Crippen LogP contribution in [0.1, 0.15) is 13.8 Å². The second-order valence-corrected chi connectivity index (χ2v) is 5.89. The van der Waals surface area contributed by atoms with Gasteiger partial charge >= 0.3 is 6.36 Å². The average molecular weight is 346 g/mol. The Morgan fingerprint density at radius 3 is 2.46 bits per heavy atom. The Bertz CT molecular complexity index is 541. The second-order valence-electron chi connectivity index (χ2n) is 5.89. The number of nitrogens with zero attached hydrogens (tertiary/aromatic N) is 3. The fourth-order valence-electron chi connectivity index (χ4n) is 2.46. The van der Waals surface area contributed by atoms with Crippen LogP contribution in [0.15, 0.2) is 18.3 Å². The van der Waals surface area contributed by atoms with Gasteiger partial charge in [-0.25, -0.2) is 4.98 Å². The van der Waals surface area contributed by atoms with Gasteiger partial charge in [0.1, 0.15) is 11.6 Å². The van der Waals surface area contributed by atoms with Gasteiger partial charge in [-0.15, -0.1) is 13.2 Å². The number of halogens is 3. The first kappa shape index (κ1) is 18.3. The van der Waals surface area contributed by atoms with Gasteiger partial charge < -0.3 is 15.0 Å². The van der Waals surface area contributed by atoms with Gasteiger partial charge in [-0.3, -0.25) is 9.69 Å². The number of rotatable bonds is 5. The molecule has 1 amide bonds. The Morgan fingerprint density at radius 1 is 1.29 bits per heavy atom. The number of alkyl halides is 3. The van der Waals surface area contributed by atoms with E-state index >= 15 is 0 Å². The highest BCUT2D eigenvalue weighted by atomic mass is 19.4. The van der Waals surface area contributed by atoms with Crippen LogP contribution >= 0.6 is 0 Å². The molecule has 1 aliphatic rings. The molecule has 0 bridgehead atoms. The average Bonchev–Trinajstić information content (AvgIpc) is 2.46. The molecule has 24 heavy (non-hydrogen) atoms. The van der Waals surface area contributed by atoms with Crippen LogP contribution in [0.25, 0.3) is 0 Å². The van der Waals surface area contributed by atoms with Gasteiger partial charge in [0.25, 0.3) is 0 Å². The molecule has 1 aliphatic heterocycles. The summed E-state index contributed by atoms with van der Waals surface area (Å²) in [5.41, 5.74) is 0. The van der Waals surface area contributed by atoms with Gasteiger partial charge in [0.15, 0.2) is 0 Å². The molecule has 0 aromatic carbocycles. The lowest BCUT2D eigenvalue weighted by Crippen LogP contribution is -2.50. The quantitative estimate of drug-likeness (QED) is 0.878. The maximum atomic E-state index is 12.1. The van der Waals surface area contributed by atoms with Crippen LogP contribution < -0.4 is 15.0 Å². The zero-order valence-corrected chi connectivity index (χ0v) is 13.6. The van der Waals surface area contributed by atoms with Crippen molar-refractivity contribution in [2.45, 2.75) is 26.3 Å². The van der Waals surface area contributed by atoms with E-state index in [1.807, 2.05) is 23.6 Å². The molecule has 134 valence electrons. The van der Waals surface area contributed by atoms with Crippen molar-refractivity contribution >= 4 is 11.7 Å². The molecule has 1 aromatic heterocycles. The van der Waals surface area contributed by atoms with E-state index in [0.29, 0.717) is 38.5 Å². The van der Waals surface area contributed by atoms with E-state index in [0.717, 1.165) is 6.20 Å². The fourth-order valence-corrected chi connectivity index (χ4v) is 2.46. The molecule has 0 aliphatic carbocycles. The maximum Gasteiger partial charge on any atom is 0.573 e. The minimum absolute atomic E-state index is 0.00905. The number of carbonyl (C=O) groups is 1. The van der Waals surface area contributed by atoms with E-state index in [9.17, 15) is 18.0 Å². The fraction of sp³-hybridized carbons (Fsp3) is 0.600. The van der Waals surface area contributed by atoms with Gasteiger partial charge in [-0.2, -0.15) is 0 Å². The predicted molar refractivity (Wildman–Crippen MR) is 82.9 cm³/mol. The van der Waals surface area contributed by atoms with Crippen LogP contribution in [-0.4, -0.2) is 60.9 Å². The van der Waals surface area contributed by atoms with Gasteiger partial charge in [-0.05, 0) is 26.0 Å². The Kier molecular flexibility index (Phi) is 5.87. The summed E-state index contributed by atoms with van der Waals surface area (Å²) in [5, 5.41) is 2.85. The molecule has 0 unspecified atom stereocenters. The molecule has 0 radical (unpaired) electrons. The normalized spacial score (nSPS) is 16.3. The minimum Gasteiger partial charge on any atom is -0.404 e. The van der Waals surface area contributed by atoms with Crippen molar-refractivity contribution < 1.29 is 22.7 Å². The molecule has 2 heterocycles. The summed E-state index contributed by atoms with van der Waals surface area (Å²) in [6.07, 6.45) is -3.66. The molecular weight excluding hydrogens is 325 g/mol. The highest BCUT2D eigenvalue weighted by molar-refractivity contribution is 5.78. The lowest BCUT2D eigenvalue weighted by atomic mass is 10.3. The number of aromatic nitrogens is 1. The summed E-state index contributed by atoms with van der Waals surface area (Å²) < 4.78 is 40.2. The third kappa shape index (κ3) is 5.88. The lowest BCUT2D eigenvalue weighted by Gasteiger charge is -2.35. The summed E-state index contributed by atoms with van der Waals surface area (Å²) >= 11 is 0. The van der Waals surface area contributed by atoms with E-state index < -0.39 is 6.36 Å². The molecule has 0 spiro atoms. The first-order chi connectivity index (χ1) is 11.2. The second kappa shape index (κ2) is 7.69. The third-order valence-electron chi connectivity index (χ3n) is 3.47. The monoisotopic (exact) mass is 346 g/mol. The van der Waals surface area contributed by atoms with Crippen molar-refractivity contribution in [1.29, 1.82) is 0 Å². The van der Waals surface area contributed by atoms with Gasteiger partial charge in [0.05, 0.1) is 12.7 Å². The van der Waals surface area contributed by atoms with Crippen LogP contribution in [0, 0.1) is 0 Å². The summed E-state index contributed by atoms with van der Waals surface area (Å²) in [5.74, 6) is 0.247. The lowest BCUT2D eigenvalue weighted by molar-refractivity contribution is -0.274. The summed E-state index contributed by atoms with van der Waals surface area (Å²) in [7, 11) is 0. The smallest absolute Gasteiger partial charge is 0.404 e. The van der Waals surface area contributed by atoms with Crippen molar-refractivity contribution in [2.75, 3.05) is 37.6 Å². The number of piperazine rings is 1. The van der Waals surface area contributed by atoms with E-state index in [4.69, 9.17) is 0 Å². The van der Waals surface area contributed by atoms with Gasteiger partial charge in [0.2, 0.25) is 5.91 Å². The number of nitrogens with one attached hydrogen (secondary N) is 1. The molecule has 0 saturated carbocycles. The van der Waals surface area contributed by atoms with E-state index in [-0.39, 0.29) is 17.7 Å². The number of amides is 1. The highest BCUT2D eigenvalue weighted by Crippen LogP contribution is 2.23. The number of pyridine rings is 1. The molecule has 6 nitrogen and oxygen atoms in total. The summed E-state index contributed by atoms with van der Waals surface area (Å²) in [6.45, 7) is 6.85. The molecule has 2 rings (SSSR count). The van der Waals surface area contributed by atoms with Crippen LogP contribution in [0.2, 0.25) is 0 Å². The summed E-state index contributed by atoms with van der Waals surface area (Å²) in [4.78, 5) is 19.8. The minimum atomic E-state index is -4.72. The van der Waals surface area contributed by atoms with E-state index in [1.54, 1.807) is 0 Å². The van der Waals surface area contributed by atoms with Crippen LogP contribution in [0.5, 0.6) is 5.75 Å². The first-order valence-electron chi connectivity index (χ1n) is 7.71. The zero-order valence-electron chi connectivity index (χ0n) is 13.6. The number of carbonyl (C=O) groups excluding carboxylic acids is 1. The van der Waals surface area contributed by atoms with Crippen molar-refractivity contribution in [2.24, 2.45) is 0 Å². The number of anilines is 1. The van der Waals surface area contributed by atoms with Crippen LogP contribution in [0.4, 0.5) is 19.0 Å². The Balaban J connectivity index is 1.83. The Morgan fingerprint density at radius 2 is 1.96 bits per heavy atom. The Labute approximate surface area is 138 Å². The number of hydrogen-bond donors (Lipinski definition) is 1. The molecule has 1 N–H and O–H groups in total.